The molecule has 1 amide bonds. The van der Waals surface area contributed by atoms with Gasteiger partial charge in [-0.15, -0.1) is 0 Å². The van der Waals surface area contributed by atoms with E-state index in [2.05, 4.69) is 4.72 Å². The highest BCUT2D eigenvalue weighted by Gasteiger charge is 2.58. The van der Waals surface area contributed by atoms with E-state index in [-0.39, 0.29) is 29.2 Å². The second-order valence-corrected chi connectivity index (χ2v) is 9.59. The van der Waals surface area contributed by atoms with E-state index < -0.39 is 51.3 Å². The summed E-state index contributed by atoms with van der Waals surface area (Å²) in [4.78, 5) is 23.7. The van der Waals surface area contributed by atoms with E-state index in [4.69, 9.17) is 15.2 Å². The number of aliphatic carboxylic acids is 1. The smallest absolute Gasteiger partial charge is 0.328 e. The molecule has 3 unspecified atom stereocenters. The molecule has 2 aromatic carbocycles. The molecule has 1 heterocycles. The zero-order valence-corrected chi connectivity index (χ0v) is 19.0. The lowest BCUT2D eigenvalue weighted by atomic mass is 9.89. The number of ether oxygens (including phenoxy) is 2. The molecular weight excluding hydrogens is 474 g/mol. The minimum atomic E-state index is -4.42. The predicted molar refractivity (Wildman–Crippen MR) is 115 cm³/mol. The maximum atomic E-state index is 13.7. The fourth-order valence-corrected chi connectivity index (χ4v) is 5.15. The van der Waals surface area contributed by atoms with Gasteiger partial charge in [0, 0.05) is 18.1 Å². The van der Waals surface area contributed by atoms with Gasteiger partial charge in [-0.2, -0.15) is 4.72 Å². The van der Waals surface area contributed by atoms with E-state index in [1.165, 1.54) is 18.2 Å². The van der Waals surface area contributed by atoms with E-state index in [1.807, 2.05) is 6.92 Å². The zero-order valence-electron chi connectivity index (χ0n) is 18.2. The van der Waals surface area contributed by atoms with Crippen molar-refractivity contribution in [3.05, 3.63) is 59.7 Å². The number of benzene rings is 2. The summed E-state index contributed by atoms with van der Waals surface area (Å²) in [5.74, 6) is -4.00. The molecule has 1 saturated heterocycles. The number of hydrogen-bond donors (Lipinski definition) is 3. The number of nitrogens with two attached hydrogens (primary N) is 1. The van der Waals surface area contributed by atoms with Crippen LogP contribution < -0.4 is 15.2 Å². The van der Waals surface area contributed by atoms with Crippen LogP contribution in [0, 0.1) is 11.6 Å². The maximum absolute atomic E-state index is 13.7. The minimum Gasteiger partial charge on any atom is -0.489 e. The zero-order chi connectivity index (χ0) is 25.1. The topological polar surface area (TPSA) is 145 Å². The van der Waals surface area contributed by atoms with Crippen molar-refractivity contribution >= 4 is 21.9 Å². The number of rotatable bonds is 10. The van der Waals surface area contributed by atoms with Crippen LogP contribution >= 0.6 is 0 Å². The molecule has 0 radical (unpaired) electrons. The summed E-state index contributed by atoms with van der Waals surface area (Å²) in [5.41, 5.74) is 3.16. The average molecular weight is 499 g/mol. The van der Waals surface area contributed by atoms with Gasteiger partial charge < -0.3 is 20.3 Å². The van der Waals surface area contributed by atoms with E-state index in [0.29, 0.717) is 12.8 Å². The first kappa shape index (κ1) is 25.5. The number of carbonyl (C=O) groups is 2. The van der Waals surface area contributed by atoms with Crippen molar-refractivity contribution in [2.24, 2.45) is 5.73 Å². The molecule has 0 aliphatic carbocycles. The molecule has 9 nitrogen and oxygen atoms in total. The van der Waals surface area contributed by atoms with Crippen LogP contribution in [0.25, 0.3) is 0 Å². The molecule has 184 valence electrons. The largest absolute Gasteiger partial charge is 0.489 e. The second kappa shape index (κ2) is 10.0. The molecular formula is C22H24F2N2O7S. The summed E-state index contributed by atoms with van der Waals surface area (Å²) in [6, 6.07) is 7.93. The maximum Gasteiger partial charge on any atom is 0.328 e. The van der Waals surface area contributed by atoms with Crippen LogP contribution in [0.3, 0.4) is 0 Å². The highest BCUT2D eigenvalue weighted by molar-refractivity contribution is 7.89. The number of halogens is 2. The number of amides is 1. The van der Waals surface area contributed by atoms with Crippen LogP contribution in [-0.2, 0) is 31.0 Å². The first-order chi connectivity index (χ1) is 16.0. The molecule has 4 N–H and O–H groups in total. The third-order valence-corrected chi connectivity index (χ3v) is 6.96. The Morgan fingerprint density at radius 1 is 1.24 bits per heavy atom. The monoisotopic (exact) mass is 498 g/mol. The summed E-state index contributed by atoms with van der Waals surface area (Å²) in [7, 11) is -4.42. The number of sulfonamides is 1. The van der Waals surface area contributed by atoms with Crippen molar-refractivity contribution in [3.8, 4) is 5.75 Å². The van der Waals surface area contributed by atoms with Crippen LogP contribution in [0.15, 0.2) is 47.4 Å². The van der Waals surface area contributed by atoms with Crippen molar-refractivity contribution in [1.82, 2.24) is 4.72 Å². The lowest BCUT2D eigenvalue weighted by molar-refractivity contribution is -0.150. The van der Waals surface area contributed by atoms with E-state index in [1.54, 1.807) is 0 Å². The van der Waals surface area contributed by atoms with E-state index in [9.17, 15) is 31.9 Å². The molecule has 1 aliphatic heterocycles. The molecule has 3 atom stereocenters. The summed E-state index contributed by atoms with van der Waals surface area (Å²) in [5, 5.41) is 9.85. The standard InChI is InChI=1S/C22H24F2N2O7S/c1-2-3-16-11-22(21(28)29,19(33-16)20(25)27)26-34(30,31)17-8-6-15(7-9-17)32-12-13-4-5-14(23)10-18(13)24/h4-10,16,19,26H,2-3,11-12H2,1H3,(H2,25,27)(H,28,29). The van der Waals surface area contributed by atoms with Crippen molar-refractivity contribution in [2.75, 3.05) is 0 Å². The molecule has 3 rings (SSSR count). The SMILES string of the molecule is CCCC1CC(NS(=O)(=O)c2ccc(OCc3ccc(F)cc3F)cc2)(C(=O)O)C(C(N)=O)O1. The predicted octanol–water partition coefficient (Wildman–Crippen LogP) is 2.09. The van der Waals surface area contributed by atoms with Crippen molar-refractivity contribution in [2.45, 2.75) is 55.4 Å². The number of carboxylic acids is 1. The van der Waals surface area contributed by atoms with Gasteiger partial charge in [-0.25, -0.2) is 17.2 Å². The molecule has 34 heavy (non-hydrogen) atoms. The number of hydrogen-bond acceptors (Lipinski definition) is 6. The van der Waals surface area contributed by atoms with Gasteiger partial charge in [-0.05, 0) is 42.8 Å². The average Bonchev–Trinajstić information content (AvgIpc) is 3.13. The minimum absolute atomic E-state index is 0.100. The highest BCUT2D eigenvalue weighted by atomic mass is 32.2. The van der Waals surface area contributed by atoms with Gasteiger partial charge in [-0.3, -0.25) is 9.59 Å². The Balaban J connectivity index is 1.79. The van der Waals surface area contributed by atoms with Crippen LogP contribution in [0.4, 0.5) is 8.78 Å². The van der Waals surface area contributed by atoms with Crippen molar-refractivity contribution < 1.29 is 41.4 Å². The lowest BCUT2D eigenvalue weighted by Crippen LogP contribution is -2.62. The fraction of sp³-hybridized carbons (Fsp3) is 0.364. The molecule has 1 aliphatic rings. The van der Waals surface area contributed by atoms with Gasteiger partial charge in [-0.1, -0.05) is 13.3 Å². The van der Waals surface area contributed by atoms with E-state index >= 15 is 0 Å². The van der Waals surface area contributed by atoms with Crippen LogP contribution in [0.1, 0.15) is 31.7 Å². The summed E-state index contributed by atoms with van der Waals surface area (Å²) >= 11 is 0. The normalized spacial score (nSPS) is 22.4. The first-order valence-electron chi connectivity index (χ1n) is 10.4. The van der Waals surface area contributed by atoms with Crippen LogP contribution in [0.5, 0.6) is 5.75 Å². The fourth-order valence-electron chi connectivity index (χ4n) is 3.78. The lowest BCUT2D eigenvalue weighted by Gasteiger charge is -2.28. The van der Waals surface area contributed by atoms with Crippen molar-refractivity contribution in [1.29, 1.82) is 0 Å². The van der Waals surface area contributed by atoms with Gasteiger partial charge in [0.2, 0.25) is 15.9 Å². The Hall–Kier alpha value is -3.09. The number of carbonyl (C=O) groups excluding carboxylic acids is 1. The summed E-state index contributed by atoms with van der Waals surface area (Å²) in [6.45, 7) is 1.61. The Morgan fingerprint density at radius 3 is 2.47 bits per heavy atom. The quantitative estimate of drug-likeness (QED) is 0.455. The van der Waals surface area contributed by atoms with Gasteiger partial charge in [0.1, 0.15) is 24.0 Å². The van der Waals surface area contributed by atoms with Gasteiger partial charge in [0.25, 0.3) is 0 Å². The molecule has 2 aromatic rings. The van der Waals surface area contributed by atoms with Crippen molar-refractivity contribution in [3.63, 3.8) is 0 Å². The Labute approximate surface area is 194 Å². The van der Waals surface area contributed by atoms with Gasteiger partial charge in [0.05, 0.1) is 11.0 Å². The third kappa shape index (κ3) is 5.34. The molecule has 12 heteroatoms. The number of primary amides is 1. The van der Waals surface area contributed by atoms with Crippen LogP contribution in [-0.4, -0.2) is 43.1 Å². The highest BCUT2D eigenvalue weighted by Crippen LogP contribution is 2.35. The molecule has 1 fully saturated rings. The Morgan fingerprint density at radius 2 is 1.91 bits per heavy atom. The third-order valence-electron chi connectivity index (χ3n) is 5.44. The molecule has 0 saturated carbocycles. The molecule has 0 spiro atoms. The summed E-state index contributed by atoms with van der Waals surface area (Å²) < 4.78 is 65.7. The number of carboxylic acid groups (broad SMARTS) is 1. The van der Waals surface area contributed by atoms with E-state index in [0.717, 1.165) is 24.3 Å². The Bertz CT molecular complexity index is 1170. The van der Waals surface area contributed by atoms with Gasteiger partial charge >= 0.3 is 5.97 Å². The summed E-state index contributed by atoms with van der Waals surface area (Å²) in [6.07, 6.45) is -1.58. The molecule has 0 aromatic heterocycles. The van der Waals surface area contributed by atoms with Gasteiger partial charge in [0.15, 0.2) is 11.6 Å². The molecule has 0 bridgehead atoms. The first-order valence-corrected chi connectivity index (χ1v) is 11.9. The number of nitrogens with one attached hydrogen (secondary N) is 1. The van der Waals surface area contributed by atoms with Crippen LogP contribution in [0.2, 0.25) is 0 Å². The Kier molecular flexibility index (Phi) is 7.54. The second-order valence-electron chi connectivity index (χ2n) is 7.91.